The lowest BCUT2D eigenvalue weighted by Crippen LogP contribution is -2.33. The Balaban J connectivity index is 0.00000144. The summed E-state index contributed by atoms with van der Waals surface area (Å²) in [5.74, 6) is -0.954. The maximum Gasteiger partial charge on any atom is 0.340 e. The van der Waals surface area contributed by atoms with Crippen molar-refractivity contribution in [3.63, 3.8) is 0 Å². The number of rotatable bonds is 5. The lowest BCUT2D eigenvalue weighted by Gasteiger charge is -2.32. The van der Waals surface area contributed by atoms with E-state index in [0.29, 0.717) is 35.6 Å². The maximum absolute atomic E-state index is 14.9. The number of pyridine rings is 2. The van der Waals surface area contributed by atoms with Crippen molar-refractivity contribution in [3.8, 4) is 11.4 Å². The normalized spacial score (nSPS) is 19.0. The SMILES string of the molecule is CC.CCN(CCO)C[C@@H]1CCc2c(C)c(F)cc3nc4c(c1c23)Cn1c-4cc2c(c1=O)COC(=O)C2O. The summed E-state index contributed by atoms with van der Waals surface area (Å²) in [6.07, 6.45) is 0.0428. The lowest BCUT2D eigenvalue weighted by molar-refractivity contribution is -0.157. The molecule has 202 valence electrons. The van der Waals surface area contributed by atoms with Crippen LogP contribution in [0.1, 0.15) is 72.6 Å². The number of hydrogen-bond acceptors (Lipinski definition) is 7. The first-order valence-corrected chi connectivity index (χ1v) is 13.4. The van der Waals surface area contributed by atoms with Crippen molar-refractivity contribution in [1.82, 2.24) is 14.5 Å². The number of fused-ring (bicyclic) bond motifs is 5. The third-order valence-electron chi connectivity index (χ3n) is 8.11. The second-order valence-electron chi connectivity index (χ2n) is 9.93. The zero-order valence-corrected chi connectivity index (χ0v) is 22.3. The van der Waals surface area contributed by atoms with Crippen LogP contribution in [0.25, 0.3) is 22.3 Å². The quantitative estimate of drug-likeness (QED) is 0.387. The van der Waals surface area contributed by atoms with Gasteiger partial charge in [-0.15, -0.1) is 0 Å². The average molecular weight is 524 g/mol. The van der Waals surface area contributed by atoms with E-state index >= 15 is 0 Å². The molecular formula is C29H34FN3O5. The molecular weight excluding hydrogens is 489 g/mol. The van der Waals surface area contributed by atoms with E-state index in [4.69, 9.17) is 9.72 Å². The number of aliphatic hydroxyl groups is 2. The number of ether oxygens (including phenoxy) is 1. The van der Waals surface area contributed by atoms with Gasteiger partial charge < -0.3 is 24.4 Å². The van der Waals surface area contributed by atoms with Crippen LogP contribution in [-0.2, 0) is 29.1 Å². The van der Waals surface area contributed by atoms with Crippen molar-refractivity contribution in [2.24, 2.45) is 0 Å². The van der Waals surface area contributed by atoms with Crippen LogP contribution in [-0.4, -0.2) is 56.9 Å². The first-order chi connectivity index (χ1) is 18.3. The molecule has 0 saturated heterocycles. The van der Waals surface area contributed by atoms with E-state index in [1.54, 1.807) is 17.6 Å². The Morgan fingerprint density at radius 1 is 1.21 bits per heavy atom. The Bertz CT molecular complexity index is 1500. The topological polar surface area (TPSA) is 105 Å². The number of carbonyl (C=O) groups is 1. The molecule has 8 nitrogen and oxygen atoms in total. The van der Waals surface area contributed by atoms with Gasteiger partial charge in [0.05, 0.1) is 35.6 Å². The Kier molecular flexibility index (Phi) is 7.11. The fourth-order valence-corrected chi connectivity index (χ4v) is 6.21. The zero-order chi connectivity index (χ0) is 27.3. The number of benzene rings is 1. The molecule has 38 heavy (non-hydrogen) atoms. The molecule has 0 fully saturated rings. The number of esters is 1. The minimum absolute atomic E-state index is 0.0703. The molecule has 1 unspecified atom stereocenters. The van der Waals surface area contributed by atoms with Gasteiger partial charge in [-0.2, -0.15) is 0 Å². The van der Waals surface area contributed by atoms with Gasteiger partial charge in [-0.25, -0.2) is 14.2 Å². The molecule has 6 rings (SSSR count). The second kappa shape index (κ2) is 10.2. The van der Waals surface area contributed by atoms with Gasteiger partial charge in [0.15, 0.2) is 6.10 Å². The Morgan fingerprint density at radius 3 is 2.68 bits per heavy atom. The second-order valence-corrected chi connectivity index (χ2v) is 9.93. The monoisotopic (exact) mass is 523 g/mol. The number of cyclic esters (lactones) is 1. The predicted molar refractivity (Wildman–Crippen MR) is 142 cm³/mol. The van der Waals surface area contributed by atoms with Gasteiger partial charge in [0.25, 0.3) is 5.56 Å². The van der Waals surface area contributed by atoms with Gasteiger partial charge in [-0.1, -0.05) is 20.8 Å². The molecule has 2 aliphatic heterocycles. The van der Waals surface area contributed by atoms with Gasteiger partial charge in [0, 0.05) is 35.7 Å². The van der Waals surface area contributed by atoms with E-state index < -0.39 is 12.1 Å². The van der Waals surface area contributed by atoms with Crippen LogP contribution in [0.2, 0.25) is 0 Å². The highest BCUT2D eigenvalue weighted by molar-refractivity contribution is 5.93. The highest BCUT2D eigenvalue weighted by atomic mass is 19.1. The molecule has 2 N–H and O–H groups in total. The van der Waals surface area contributed by atoms with Crippen LogP contribution in [0.15, 0.2) is 16.9 Å². The van der Waals surface area contributed by atoms with Gasteiger partial charge >= 0.3 is 5.97 Å². The molecule has 3 aromatic rings. The maximum atomic E-state index is 14.9. The molecule has 2 atom stereocenters. The van der Waals surface area contributed by atoms with Crippen LogP contribution < -0.4 is 5.56 Å². The summed E-state index contributed by atoms with van der Waals surface area (Å²) in [4.78, 5) is 32.5. The van der Waals surface area contributed by atoms with Crippen molar-refractivity contribution in [2.45, 2.75) is 65.7 Å². The third-order valence-corrected chi connectivity index (χ3v) is 8.11. The minimum atomic E-state index is -1.52. The van der Waals surface area contributed by atoms with Crippen LogP contribution in [0, 0.1) is 12.7 Å². The molecule has 0 radical (unpaired) electrons. The summed E-state index contributed by atoms with van der Waals surface area (Å²) < 4.78 is 21.6. The molecule has 0 bridgehead atoms. The Morgan fingerprint density at radius 2 is 1.97 bits per heavy atom. The summed E-state index contributed by atoms with van der Waals surface area (Å²) >= 11 is 0. The number of aryl methyl sites for hydroxylation is 1. The fourth-order valence-electron chi connectivity index (χ4n) is 6.21. The molecule has 0 amide bonds. The predicted octanol–water partition coefficient (Wildman–Crippen LogP) is 3.33. The molecule has 0 spiro atoms. The molecule has 4 heterocycles. The first kappa shape index (κ1) is 26.5. The highest BCUT2D eigenvalue weighted by Gasteiger charge is 2.37. The molecule has 9 heteroatoms. The van der Waals surface area contributed by atoms with Crippen molar-refractivity contribution in [3.05, 3.63) is 61.7 Å². The number of likely N-dealkylation sites (N-methyl/N-ethyl adjacent to an activating group) is 1. The summed E-state index contributed by atoms with van der Waals surface area (Å²) in [5.41, 5.74) is 5.50. The number of halogens is 1. The van der Waals surface area contributed by atoms with Crippen molar-refractivity contribution >= 4 is 16.9 Å². The van der Waals surface area contributed by atoms with E-state index in [9.17, 15) is 24.2 Å². The summed E-state index contributed by atoms with van der Waals surface area (Å²) in [7, 11) is 0. The van der Waals surface area contributed by atoms with E-state index in [0.717, 1.165) is 48.0 Å². The van der Waals surface area contributed by atoms with Crippen LogP contribution in [0.5, 0.6) is 0 Å². The van der Waals surface area contributed by atoms with Crippen molar-refractivity contribution in [2.75, 3.05) is 26.2 Å². The first-order valence-electron chi connectivity index (χ1n) is 13.4. The van der Waals surface area contributed by atoms with Crippen LogP contribution in [0.4, 0.5) is 4.39 Å². The van der Waals surface area contributed by atoms with E-state index in [1.165, 1.54) is 6.07 Å². The Hall–Kier alpha value is -3.14. The number of nitrogens with zero attached hydrogens (tertiary/aromatic N) is 3. The number of aliphatic hydroxyl groups excluding tert-OH is 2. The molecule has 2 aromatic heterocycles. The standard InChI is InChI=1S/C27H28FN3O5.C2H6/c1-3-30(6-7-32)10-14-4-5-15-13(2)19(28)9-20-23(15)22(14)17-11-31-21(24(17)29-20)8-16-18(26(31)34)12-36-27(35)25(16)33;1-2/h8-9,14,25,32-33H,3-7,10-12H2,1-2H3;1-2H3/t14-,25?;/m0./s1. The molecule has 1 aliphatic carbocycles. The van der Waals surface area contributed by atoms with Crippen LogP contribution >= 0.6 is 0 Å². The average Bonchev–Trinajstić information content (AvgIpc) is 3.29. The van der Waals surface area contributed by atoms with E-state index in [-0.39, 0.29) is 41.6 Å². The van der Waals surface area contributed by atoms with Gasteiger partial charge in [-0.05, 0) is 55.0 Å². The number of hydrogen-bond donors (Lipinski definition) is 2. The summed E-state index contributed by atoms with van der Waals surface area (Å²) in [5, 5.41) is 20.9. The lowest BCUT2D eigenvalue weighted by atomic mass is 9.78. The van der Waals surface area contributed by atoms with Gasteiger partial charge in [0.1, 0.15) is 12.4 Å². The minimum Gasteiger partial charge on any atom is -0.458 e. The largest absolute Gasteiger partial charge is 0.458 e. The molecule has 3 aliphatic rings. The smallest absolute Gasteiger partial charge is 0.340 e. The highest BCUT2D eigenvalue weighted by Crippen LogP contribution is 2.46. The fraction of sp³-hybridized carbons (Fsp3) is 0.483. The van der Waals surface area contributed by atoms with Crippen molar-refractivity contribution < 1.29 is 24.1 Å². The zero-order valence-electron chi connectivity index (χ0n) is 22.3. The van der Waals surface area contributed by atoms with Gasteiger partial charge in [0.2, 0.25) is 0 Å². The van der Waals surface area contributed by atoms with Crippen molar-refractivity contribution in [1.29, 1.82) is 0 Å². The van der Waals surface area contributed by atoms with E-state index in [1.807, 2.05) is 13.8 Å². The molecule has 1 aromatic carbocycles. The number of carbonyl (C=O) groups excluding carboxylic acids is 1. The molecule has 0 saturated carbocycles. The van der Waals surface area contributed by atoms with Crippen LogP contribution in [0.3, 0.4) is 0 Å². The number of aromatic nitrogens is 2. The summed E-state index contributed by atoms with van der Waals surface area (Å²) in [6, 6.07) is 3.13. The Labute approximate surface area is 220 Å². The third kappa shape index (κ3) is 3.95. The summed E-state index contributed by atoms with van der Waals surface area (Å²) in [6.45, 7) is 10.2. The van der Waals surface area contributed by atoms with E-state index in [2.05, 4.69) is 11.8 Å². The van der Waals surface area contributed by atoms with Gasteiger partial charge in [-0.3, -0.25) is 4.79 Å².